The number of rotatable bonds is 7. The van der Waals surface area contributed by atoms with Crippen LogP contribution in [-0.2, 0) is 21.4 Å². The summed E-state index contributed by atoms with van der Waals surface area (Å²) in [6.07, 6.45) is 0. The van der Waals surface area contributed by atoms with Crippen molar-refractivity contribution in [1.82, 2.24) is 9.78 Å². The molecule has 0 bridgehead atoms. The van der Waals surface area contributed by atoms with E-state index in [-0.39, 0.29) is 10.6 Å². The van der Waals surface area contributed by atoms with E-state index in [2.05, 4.69) is 9.82 Å². The second-order valence-corrected chi connectivity index (χ2v) is 6.92. The number of nitrogens with zero attached hydrogens (tertiary/aromatic N) is 2. The Morgan fingerprint density at radius 3 is 2.60 bits per heavy atom. The maximum absolute atomic E-state index is 14.0. The second kappa shape index (κ2) is 7.09. The van der Waals surface area contributed by atoms with Gasteiger partial charge in [-0.05, 0) is 39.0 Å². The van der Waals surface area contributed by atoms with E-state index in [0.717, 1.165) is 18.2 Å². The third-order valence-electron chi connectivity index (χ3n) is 3.48. The van der Waals surface area contributed by atoms with E-state index >= 15 is 0 Å². The fraction of sp³-hybridized carbons (Fsp3) is 0.333. The first-order valence-corrected chi connectivity index (χ1v) is 8.85. The molecule has 0 saturated carbocycles. The van der Waals surface area contributed by atoms with Crippen LogP contribution in [0.1, 0.15) is 18.3 Å². The van der Waals surface area contributed by atoms with Gasteiger partial charge in [-0.1, -0.05) is 0 Å². The van der Waals surface area contributed by atoms with Crippen molar-refractivity contribution in [2.24, 2.45) is 0 Å². The molecule has 0 unspecified atom stereocenters. The van der Waals surface area contributed by atoms with Gasteiger partial charge in [0.2, 0.25) is 0 Å². The largest absolute Gasteiger partial charge is 0.479 e. The molecule has 0 radical (unpaired) electrons. The van der Waals surface area contributed by atoms with E-state index in [1.807, 2.05) is 6.92 Å². The Morgan fingerprint density at radius 1 is 1.40 bits per heavy atom. The van der Waals surface area contributed by atoms with Crippen LogP contribution >= 0.6 is 0 Å². The third-order valence-corrected chi connectivity index (χ3v) is 4.83. The zero-order valence-corrected chi connectivity index (χ0v) is 14.7. The van der Waals surface area contributed by atoms with Gasteiger partial charge < -0.3 is 9.84 Å². The van der Waals surface area contributed by atoms with Gasteiger partial charge in [-0.15, -0.1) is 0 Å². The lowest BCUT2D eigenvalue weighted by Crippen LogP contribution is -2.15. The number of halogens is 1. The molecule has 10 heteroatoms. The molecule has 2 N–H and O–H groups in total. The van der Waals surface area contributed by atoms with Gasteiger partial charge in [0.15, 0.2) is 18.2 Å². The number of carboxylic acid groups (broad SMARTS) is 1. The highest BCUT2D eigenvalue weighted by molar-refractivity contribution is 7.92. The van der Waals surface area contributed by atoms with Crippen molar-refractivity contribution < 1.29 is 27.4 Å². The molecule has 2 aromatic rings. The summed E-state index contributed by atoms with van der Waals surface area (Å²) < 4.78 is 47.7. The molecule has 0 aliphatic carbocycles. The first-order valence-electron chi connectivity index (χ1n) is 7.36. The number of hydrogen-bond acceptors (Lipinski definition) is 5. The third kappa shape index (κ3) is 4.08. The van der Waals surface area contributed by atoms with Crippen molar-refractivity contribution in [3.63, 3.8) is 0 Å². The fourth-order valence-corrected chi connectivity index (χ4v) is 3.44. The molecular formula is C15H18FN3O5S. The molecule has 1 aromatic carbocycles. The Balaban J connectivity index is 2.30. The number of carboxylic acids is 1. The lowest BCUT2D eigenvalue weighted by molar-refractivity contribution is -0.139. The van der Waals surface area contributed by atoms with Gasteiger partial charge in [-0.2, -0.15) is 5.10 Å². The summed E-state index contributed by atoms with van der Waals surface area (Å²) in [4.78, 5) is 10.1. The Bertz CT molecular complexity index is 908. The van der Waals surface area contributed by atoms with Crippen molar-refractivity contribution in [2.45, 2.75) is 32.2 Å². The summed E-state index contributed by atoms with van der Waals surface area (Å²) in [6.45, 7) is 5.13. The number of sulfonamides is 1. The van der Waals surface area contributed by atoms with Gasteiger partial charge in [-0.25, -0.2) is 17.6 Å². The van der Waals surface area contributed by atoms with Crippen LogP contribution < -0.4 is 9.46 Å². The van der Waals surface area contributed by atoms with E-state index in [1.54, 1.807) is 18.5 Å². The molecule has 0 spiro atoms. The molecule has 136 valence electrons. The molecule has 0 aliphatic heterocycles. The van der Waals surface area contributed by atoms with Crippen LogP contribution in [0.4, 0.5) is 10.1 Å². The van der Waals surface area contributed by atoms with Gasteiger partial charge in [0.25, 0.3) is 10.0 Å². The van der Waals surface area contributed by atoms with Crippen molar-refractivity contribution in [1.29, 1.82) is 0 Å². The van der Waals surface area contributed by atoms with Crippen LogP contribution in [0, 0.1) is 19.7 Å². The smallest absolute Gasteiger partial charge is 0.341 e. The van der Waals surface area contributed by atoms with Crippen molar-refractivity contribution in [3.05, 3.63) is 35.4 Å². The maximum atomic E-state index is 14.0. The lowest BCUT2D eigenvalue weighted by atomic mass is 10.3. The van der Waals surface area contributed by atoms with Crippen LogP contribution in [0.25, 0.3) is 0 Å². The summed E-state index contributed by atoms with van der Waals surface area (Å²) in [6, 6.07) is 2.98. The molecule has 0 atom stereocenters. The minimum absolute atomic E-state index is 0.310. The quantitative estimate of drug-likeness (QED) is 0.769. The number of ether oxygens (including phenoxy) is 1. The number of anilines is 1. The summed E-state index contributed by atoms with van der Waals surface area (Å²) in [5.74, 6) is -2.58. The summed E-state index contributed by atoms with van der Waals surface area (Å²) >= 11 is 0. The van der Waals surface area contributed by atoms with E-state index in [1.165, 1.54) is 0 Å². The van der Waals surface area contributed by atoms with E-state index in [0.29, 0.717) is 23.6 Å². The average Bonchev–Trinajstić information content (AvgIpc) is 2.80. The normalized spacial score (nSPS) is 11.4. The summed E-state index contributed by atoms with van der Waals surface area (Å²) in [7, 11) is -4.04. The van der Waals surface area contributed by atoms with Crippen LogP contribution in [-0.4, -0.2) is 35.9 Å². The summed E-state index contributed by atoms with van der Waals surface area (Å²) in [5.41, 5.74) is 1.49. The molecule has 25 heavy (non-hydrogen) atoms. The van der Waals surface area contributed by atoms with E-state index in [4.69, 9.17) is 9.84 Å². The minimum Gasteiger partial charge on any atom is -0.479 e. The van der Waals surface area contributed by atoms with Gasteiger partial charge in [-0.3, -0.25) is 9.40 Å². The highest BCUT2D eigenvalue weighted by atomic mass is 32.2. The molecule has 0 amide bonds. The zero-order chi connectivity index (χ0) is 18.8. The Labute approximate surface area is 144 Å². The highest BCUT2D eigenvalue weighted by Gasteiger charge is 2.21. The van der Waals surface area contributed by atoms with Crippen molar-refractivity contribution >= 4 is 21.7 Å². The van der Waals surface area contributed by atoms with E-state index < -0.39 is 28.4 Å². The standard InChI is InChI=1S/C15H18FN3O5S/c1-4-19-10(3)15(9(2)17-19)18-25(22,23)11-5-6-13(12(16)7-11)24-8-14(20)21/h5-7,18H,4,8H2,1-3H3,(H,20,21). The molecule has 0 saturated heterocycles. The van der Waals surface area contributed by atoms with Crippen molar-refractivity contribution in [3.8, 4) is 5.75 Å². The minimum atomic E-state index is -4.04. The number of aliphatic carboxylic acids is 1. The Kier molecular flexibility index (Phi) is 5.31. The van der Waals surface area contributed by atoms with Crippen LogP contribution in [0.15, 0.2) is 23.1 Å². The van der Waals surface area contributed by atoms with E-state index in [9.17, 15) is 17.6 Å². The Hall–Kier alpha value is -2.62. The predicted octanol–water partition coefficient (Wildman–Crippen LogP) is 1.92. The number of aryl methyl sites for hydroxylation is 2. The number of aromatic nitrogens is 2. The molecule has 0 fully saturated rings. The molecule has 1 aromatic heterocycles. The zero-order valence-electron chi connectivity index (χ0n) is 13.9. The number of nitrogens with one attached hydrogen (secondary N) is 1. The number of benzene rings is 1. The maximum Gasteiger partial charge on any atom is 0.341 e. The van der Waals surface area contributed by atoms with Gasteiger partial charge in [0.05, 0.1) is 22.0 Å². The Morgan fingerprint density at radius 2 is 2.08 bits per heavy atom. The van der Waals surface area contributed by atoms with Gasteiger partial charge in [0.1, 0.15) is 0 Å². The van der Waals surface area contributed by atoms with Crippen molar-refractivity contribution in [2.75, 3.05) is 11.3 Å². The SMILES string of the molecule is CCn1nc(C)c(NS(=O)(=O)c2ccc(OCC(=O)O)c(F)c2)c1C. The highest BCUT2D eigenvalue weighted by Crippen LogP contribution is 2.26. The first kappa shape index (κ1) is 18.7. The summed E-state index contributed by atoms with van der Waals surface area (Å²) in [5, 5.41) is 12.7. The monoisotopic (exact) mass is 371 g/mol. The number of carbonyl (C=O) groups is 1. The number of hydrogen-bond donors (Lipinski definition) is 2. The average molecular weight is 371 g/mol. The topological polar surface area (TPSA) is 111 Å². The second-order valence-electron chi connectivity index (χ2n) is 5.24. The molecule has 8 nitrogen and oxygen atoms in total. The van der Waals surface area contributed by atoms with Crippen LogP contribution in [0.5, 0.6) is 5.75 Å². The molecular weight excluding hydrogens is 353 g/mol. The molecule has 1 heterocycles. The molecule has 0 aliphatic rings. The molecule has 2 rings (SSSR count). The van der Waals surface area contributed by atoms with Gasteiger partial charge >= 0.3 is 5.97 Å². The fourth-order valence-electron chi connectivity index (χ4n) is 2.25. The first-order chi connectivity index (χ1) is 11.7. The van der Waals surface area contributed by atoms with Crippen LogP contribution in [0.2, 0.25) is 0 Å². The van der Waals surface area contributed by atoms with Gasteiger partial charge in [0, 0.05) is 6.54 Å². The van der Waals surface area contributed by atoms with Crippen LogP contribution in [0.3, 0.4) is 0 Å². The lowest BCUT2D eigenvalue weighted by Gasteiger charge is -2.10. The predicted molar refractivity (Wildman–Crippen MR) is 87.7 cm³/mol.